The molecule has 0 atom stereocenters. The van der Waals surface area contributed by atoms with Crippen LogP contribution >= 0.6 is 0 Å². The average Bonchev–Trinajstić information content (AvgIpc) is 2.72. The molecule has 0 aliphatic heterocycles. The van der Waals surface area contributed by atoms with Crippen molar-refractivity contribution in [3.63, 3.8) is 0 Å². The van der Waals surface area contributed by atoms with Gasteiger partial charge in [0, 0.05) is 11.1 Å². The Labute approximate surface area is 167 Å². The predicted octanol–water partition coefficient (Wildman–Crippen LogP) is 5.99. The highest BCUT2D eigenvalue weighted by atomic mass is 16.1. The number of carbonyl (C=O) groups is 1. The Morgan fingerprint density at radius 3 is 2.32 bits per heavy atom. The molecule has 2 aromatic carbocycles. The molecule has 1 aliphatic rings. The van der Waals surface area contributed by atoms with Crippen molar-refractivity contribution in [2.45, 2.75) is 51.9 Å². The first kappa shape index (κ1) is 18.7. The Hall–Kier alpha value is -2.68. The summed E-state index contributed by atoms with van der Waals surface area (Å²) in [7, 11) is 0. The maximum absolute atomic E-state index is 11.7. The third-order valence-electron chi connectivity index (χ3n) is 6.34. The molecule has 1 aliphatic carbocycles. The van der Waals surface area contributed by atoms with E-state index < -0.39 is 5.91 Å². The fourth-order valence-electron chi connectivity index (χ4n) is 4.60. The van der Waals surface area contributed by atoms with Gasteiger partial charge in [0.25, 0.3) is 0 Å². The molecule has 3 aromatic rings. The number of primary amides is 1. The molecule has 2 N–H and O–H groups in total. The molecule has 0 unspecified atom stereocenters. The molecule has 0 radical (unpaired) electrons. The second kappa shape index (κ2) is 7.75. The van der Waals surface area contributed by atoms with Crippen molar-refractivity contribution in [1.82, 2.24) is 4.98 Å². The van der Waals surface area contributed by atoms with Gasteiger partial charge >= 0.3 is 0 Å². The average molecular weight is 373 g/mol. The summed E-state index contributed by atoms with van der Waals surface area (Å²) in [6.07, 6.45) is 6.67. The van der Waals surface area contributed by atoms with E-state index in [1.807, 2.05) is 19.1 Å². The van der Waals surface area contributed by atoms with E-state index in [9.17, 15) is 4.79 Å². The minimum Gasteiger partial charge on any atom is -0.366 e. The molecule has 1 aromatic heterocycles. The Morgan fingerprint density at radius 2 is 1.68 bits per heavy atom. The van der Waals surface area contributed by atoms with Crippen LogP contribution in [0.15, 0.2) is 48.5 Å². The summed E-state index contributed by atoms with van der Waals surface area (Å²) in [6.45, 7) is 4.20. The van der Waals surface area contributed by atoms with Gasteiger partial charge in [-0.15, -0.1) is 0 Å². The van der Waals surface area contributed by atoms with Gasteiger partial charge in [0.15, 0.2) is 0 Å². The Kier molecular flexibility index (Phi) is 5.17. The van der Waals surface area contributed by atoms with Crippen molar-refractivity contribution in [3.05, 3.63) is 65.4 Å². The minimum absolute atomic E-state index is 0.412. The first-order valence-corrected chi connectivity index (χ1v) is 10.4. The third-order valence-corrected chi connectivity index (χ3v) is 6.34. The lowest BCUT2D eigenvalue weighted by Gasteiger charge is -2.28. The van der Waals surface area contributed by atoms with Crippen molar-refractivity contribution in [3.8, 4) is 11.1 Å². The van der Waals surface area contributed by atoms with Gasteiger partial charge in [0.2, 0.25) is 5.91 Å². The highest BCUT2D eigenvalue weighted by Gasteiger charge is 2.21. The molecule has 0 spiro atoms. The molecule has 1 amide bonds. The van der Waals surface area contributed by atoms with Crippen molar-refractivity contribution in [2.24, 2.45) is 11.7 Å². The summed E-state index contributed by atoms with van der Waals surface area (Å²) < 4.78 is 0. The molecular formula is C25H28N2O. The van der Waals surface area contributed by atoms with E-state index in [4.69, 9.17) is 5.73 Å². The van der Waals surface area contributed by atoms with Crippen LogP contribution in [0.5, 0.6) is 0 Å². The summed E-state index contributed by atoms with van der Waals surface area (Å²) >= 11 is 0. The summed E-state index contributed by atoms with van der Waals surface area (Å²) in [5.74, 6) is 1.22. The van der Waals surface area contributed by atoms with Crippen LogP contribution < -0.4 is 5.73 Å². The summed E-state index contributed by atoms with van der Waals surface area (Å²) in [4.78, 5) is 16.3. The summed E-state index contributed by atoms with van der Waals surface area (Å²) in [5, 5.41) is 0.811. The smallest absolute Gasteiger partial charge is 0.249 e. The first-order chi connectivity index (χ1) is 13.5. The number of aromatic nitrogens is 1. The monoisotopic (exact) mass is 372 g/mol. The zero-order valence-electron chi connectivity index (χ0n) is 16.7. The van der Waals surface area contributed by atoms with Crippen LogP contribution in [-0.2, 0) is 0 Å². The van der Waals surface area contributed by atoms with E-state index >= 15 is 0 Å². The number of carbonyl (C=O) groups excluding carboxylic acids is 1. The molecule has 4 rings (SSSR count). The van der Waals surface area contributed by atoms with Crippen molar-refractivity contribution in [1.29, 1.82) is 0 Å². The highest BCUT2D eigenvalue weighted by Crippen LogP contribution is 2.37. The quantitative estimate of drug-likeness (QED) is 0.611. The second-order valence-electron chi connectivity index (χ2n) is 8.16. The molecule has 1 saturated carbocycles. The van der Waals surface area contributed by atoms with E-state index in [1.54, 1.807) is 6.07 Å². The van der Waals surface area contributed by atoms with E-state index in [0.29, 0.717) is 11.5 Å². The molecule has 28 heavy (non-hydrogen) atoms. The second-order valence-corrected chi connectivity index (χ2v) is 8.16. The van der Waals surface area contributed by atoms with Crippen LogP contribution in [0.25, 0.3) is 22.0 Å². The van der Waals surface area contributed by atoms with Crippen molar-refractivity contribution >= 4 is 16.8 Å². The van der Waals surface area contributed by atoms with Crippen molar-refractivity contribution < 1.29 is 4.79 Å². The maximum atomic E-state index is 11.7. The van der Waals surface area contributed by atoms with Gasteiger partial charge in [-0.05, 0) is 73.3 Å². The molecular weight excluding hydrogens is 344 g/mol. The van der Waals surface area contributed by atoms with E-state index in [0.717, 1.165) is 28.1 Å². The molecule has 0 bridgehead atoms. The number of benzene rings is 2. The van der Waals surface area contributed by atoms with Gasteiger partial charge in [0.05, 0.1) is 11.1 Å². The number of pyridine rings is 1. The summed E-state index contributed by atoms with van der Waals surface area (Å²) in [5.41, 5.74) is 11.4. The zero-order valence-corrected chi connectivity index (χ0v) is 16.7. The number of rotatable bonds is 4. The number of nitrogens with two attached hydrogens (primary N) is 1. The lowest BCUT2D eigenvalue weighted by atomic mass is 9.77. The minimum atomic E-state index is -0.412. The maximum Gasteiger partial charge on any atom is 0.249 e. The predicted molar refractivity (Wildman–Crippen MR) is 115 cm³/mol. The van der Waals surface area contributed by atoms with Crippen LogP contribution in [0.2, 0.25) is 0 Å². The van der Waals surface area contributed by atoms with Gasteiger partial charge in [-0.1, -0.05) is 49.7 Å². The van der Waals surface area contributed by atoms with E-state index in [2.05, 4.69) is 42.2 Å². The van der Waals surface area contributed by atoms with Crippen LogP contribution in [0.4, 0.5) is 0 Å². The topological polar surface area (TPSA) is 56.0 Å². The van der Waals surface area contributed by atoms with Gasteiger partial charge < -0.3 is 5.73 Å². The number of hydrogen-bond donors (Lipinski definition) is 1. The third kappa shape index (κ3) is 3.66. The van der Waals surface area contributed by atoms with Crippen LogP contribution in [0.1, 0.15) is 66.6 Å². The van der Waals surface area contributed by atoms with Gasteiger partial charge in [-0.3, -0.25) is 9.78 Å². The van der Waals surface area contributed by atoms with E-state index in [-0.39, 0.29) is 0 Å². The number of amides is 1. The fourth-order valence-corrected chi connectivity index (χ4v) is 4.60. The van der Waals surface area contributed by atoms with Crippen LogP contribution in [0.3, 0.4) is 0 Å². The largest absolute Gasteiger partial charge is 0.366 e. The molecule has 1 heterocycles. The van der Waals surface area contributed by atoms with Gasteiger partial charge in [-0.2, -0.15) is 0 Å². The number of hydrogen-bond acceptors (Lipinski definition) is 2. The Balaban J connectivity index is 1.61. The number of nitrogens with zero attached hydrogens (tertiary/aromatic N) is 1. The standard InChI is InChI=1S/C25H28N2O/c1-3-17-4-6-18(7-5-17)19-8-10-20(11-9-19)21-12-13-22-23(25(26)28)14-16(2)27-24(22)15-21/h8-15,17-18H,3-7H2,1-2H3,(H2,26,28). The van der Waals surface area contributed by atoms with Crippen molar-refractivity contribution in [2.75, 3.05) is 0 Å². The molecule has 1 fully saturated rings. The molecule has 3 heteroatoms. The fraction of sp³-hybridized carbons (Fsp3) is 0.360. The number of fused-ring (bicyclic) bond motifs is 1. The molecule has 0 saturated heterocycles. The van der Waals surface area contributed by atoms with Gasteiger partial charge in [0.1, 0.15) is 0 Å². The van der Waals surface area contributed by atoms with Crippen LogP contribution in [-0.4, -0.2) is 10.9 Å². The lowest BCUT2D eigenvalue weighted by Crippen LogP contribution is -2.12. The number of aryl methyl sites for hydroxylation is 1. The lowest BCUT2D eigenvalue weighted by molar-refractivity contribution is 0.100. The first-order valence-electron chi connectivity index (χ1n) is 10.4. The normalized spacial score (nSPS) is 19.6. The molecule has 3 nitrogen and oxygen atoms in total. The Bertz CT molecular complexity index is 999. The van der Waals surface area contributed by atoms with Crippen LogP contribution in [0, 0.1) is 12.8 Å². The summed E-state index contributed by atoms with van der Waals surface area (Å²) in [6, 6.07) is 16.8. The molecule has 144 valence electrons. The van der Waals surface area contributed by atoms with E-state index in [1.165, 1.54) is 43.2 Å². The van der Waals surface area contributed by atoms with Gasteiger partial charge in [-0.25, -0.2) is 0 Å². The SMILES string of the molecule is CCC1CCC(c2ccc(-c3ccc4c(C(N)=O)cc(C)nc4c3)cc2)CC1. The zero-order chi connectivity index (χ0) is 19.7. The Morgan fingerprint density at radius 1 is 1.00 bits per heavy atom. The highest BCUT2D eigenvalue weighted by molar-refractivity contribution is 6.06.